The van der Waals surface area contributed by atoms with Gasteiger partial charge in [0.25, 0.3) is 11.8 Å². The van der Waals surface area contributed by atoms with E-state index in [1.165, 1.54) is 9.80 Å². The van der Waals surface area contributed by atoms with Crippen molar-refractivity contribution in [1.82, 2.24) is 9.47 Å². The van der Waals surface area contributed by atoms with E-state index >= 15 is 0 Å². The molecule has 1 aliphatic heterocycles. The molecule has 3 aromatic rings. The molecule has 32 heavy (non-hydrogen) atoms. The number of benzene rings is 2. The van der Waals surface area contributed by atoms with Gasteiger partial charge in [-0.15, -0.1) is 0 Å². The second kappa shape index (κ2) is 8.98. The van der Waals surface area contributed by atoms with Crippen LogP contribution in [0.5, 0.6) is 5.75 Å². The third-order valence-electron chi connectivity index (χ3n) is 5.16. The zero-order valence-electron chi connectivity index (χ0n) is 17.5. The fraction of sp³-hybridized carbons (Fsp3) is 0.125. The predicted octanol–water partition coefficient (Wildman–Crippen LogP) is 4.70. The summed E-state index contributed by atoms with van der Waals surface area (Å²) in [7, 11) is 1.61. The number of thiocarbonyl (C=S) groups is 1. The van der Waals surface area contributed by atoms with Crippen LogP contribution in [0.1, 0.15) is 12.6 Å². The number of carbonyl (C=O) groups excluding carboxylic acids is 2. The Morgan fingerprint density at radius 1 is 0.969 bits per heavy atom. The lowest BCUT2D eigenvalue weighted by Crippen LogP contribution is -2.56. The summed E-state index contributed by atoms with van der Waals surface area (Å²) in [5.74, 6) is -0.158. The second-order valence-corrected chi connectivity index (χ2v) is 7.81. The van der Waals surface area contributed by atoms with Crippen molar-refractivity contribution in [1.29, 1.82) is 0 Å². The molecule has 4 rings (SSSR count). The summed E-state index contributed by atoms with van der Waals surface area (Å²) in [5.41, 5.74) is 2.14. The van der Waals surface area contributed by atoms with Gasteiger partial charge in [-0.25, -0.2) is 0 Å². The molecule has 2 aromatic carbocycles. The molecule has 0 saturated carbocycles. The number of nitrogens with zero attached hydrogens (tertiary/aromatic N) is 3. The summed E-state index contributed by atoms with van der Waals surface area (Å²) in [6.07, 6.45) is 3.47. The Balaban J connectivity index is 1.77. The fourth-order valence-corrected chi connectivity index (χ4v) is 4.04. The van der Waals surface area contributed by atoms with Crippen molar-refractivity contribution in [3.63, 3.8) is 0 Å². The molecule has 0 spiro atoms. The molecule has 0 atom stereocenters. The zero-order chi connectivity index (χ0) is 22.8. The van der Waals surface area contributed by atoms with E-state index in [2.05, 4.69) is 0 Å². The minimum Gasteiger partial charge on any atom is -0.497 e. The van der Waals surface area contributed by atoms with Gasteiger partial charge in [0.05, 0.1) is 12.8 Å². The van der Waals surface area contributed by atoms with Crippen molar-refractivity contribution in [2.75, 3.05) is 18.6 Å². The minimum atomic E-state index is -0.477. The highest BCUT2D eigenvalue weighted by molar-refractivity contribution is 7.80. The number of ether oxygens (including phenoxy) is 1. The van der Waals surface area contributed by atoms with E-state index in [-0.39, 0.29) is 10.7 Å². The van der Waals surface area contributed by atoms with Crippen LogP contribution in [0.25, 0.3) is 11.8 Å². The van der Waals surface area contributed by atoms with E-state index in [1.54, 1.807) is 37.5 Å². The molecule has 0 radical (unpaired) electrons. The first-order valence-electron chi connectivity index (χ1n) is 9.94. The lowest BCUT2D eigenvalue weighted by Gasteiger charge is -2.36. The summed E-state index contributed by atoms with van der Waals surface area (Å²) in [6, 6.07) is 18.0. The third kappa shape index (κ3) is 3.92. The predicted molar refractivity (Wildman–Crippen MR) is 129 cm³/mol. The Hall–Kier alpha value is -3.42. The molecule has 0 N–H and O–H groups in total. The number of amides is 2. The molecule has 0 bridgehead atoms. The second-order valence-electron chi connectivity index (χ2n) is 7.01. The maximum absolute atomic E-state index is 13.4. The molecule has 8 heteroatoms. The van der Waals surface area contributed by atoms with Gasteiger partial charge in [0.15, 0.2) is 5.11 Å². The Labute approximate surface area is 196 Å². The van der Waals surface area contributed by atoms with E-state index < -0.39 is 11.8 Å². The first-order valence-corrected chi connectivity index (χ1v) is 10.7. The Morgan fingerprint density at radius 2 is 1.62 bits per heavy atom. The van der Waals surface area contributed by atoms with Gasteiger partial charge in [-0.1, -0.05) is 11.6 Å². The smallest absolute Gasteiger partial charge is 0.270 e. The normalized spacial score (nSPS) is 15.6. The zero-order valence-corrected chi connectivity index (χ0v) is 19.1. The highest BCUT2D eigenvalue weighted by Crippen LogP contribution is 2.28. The molecule has 6 nitrogen and oxygen atoms in total. The Kier molecular flexibility index (Phi) is 6.12. The fourth-order valence-electron chi connectivity index (χ4n) is 3.51. The minimum absolute atomic E-state index is 0.0314. The summed E-state index contributed by atoms with van der Waals surface area (Å²) < 4.78 is 7.11. The first-order chi connectivity index (χ1) is 15.4. The first kappa shape index (κ1) is 21.8. The average Bonchev–Trinajstić information content (AvgIpc) is 3.26. The van der Waals surface area contributed by atoms with E-state index in [0.29, 0.717) is 22.9 Å². The van der Waals surface area contributed by atoms with Crippen molar-refractivity contribution in [2.24, 2.45) is 0 Å². The van der Waals surface area contributed by atoms with Gasteiger partial charge in [-0.3, -0.25) is 19.4 Å². The van der Waals surface area contributed by atoms with Crippen LogP contribution in [0.3, 0.4) is 0 Å². The van der Waals surface area contributed by atoms with Crippen molar-refractivity contribution in [2.45, 2.75) is 6.92 Å². The number of carbonyl (C=O) groups is 2. The largest absolute Gasteiger partial charge is 0.497 e. The lowest BCUT2D eigenvalue weighted by atomic mass is 10.1. The van der Waals surface area contributed by atoms with Crippen LogP contribution in [0.15, 0.2) is 72.4 Å². The SMILES string of the molecule is CCN1C(=O)/C(=C\c2cccn2-c2ccc(OC)cc2)C(=O)N(c2ccc(Cl)cc2)C1=S. The molecule has 2 amide bonds. The molecule has 1 aromatic heterocycles. The summed E-state index contributed by atoms with van der Waals surface area (Å²) in [5, 5.41) is 0.688. The lowest BCUT2D eigenvalue weighted by molar-refractivity contribution is -0.127. The number of hydrogen-bond donors (Lipinski definition) is 0. The van der Waals surface area contributed by atoms with Crippen LogP contribution in [0, 0.1) is 0 Å². The Morgan fingerprint density at radius 3 is 2.25 bits per heavy atom. The van der Waals surface area contributed by atoms with Crippen molar-refractivity contribution in [3.8, 4) is 11.4 Å². The van der Waals surface area contributed by atoms with Crippen LogP contribution in [0.4, 0.5) is 5.69 Å². The van der Waals surface area contributed by atoms with Crippen LogP contribution in [-0.2, 0) is 9.59 Å². The number of rotatable bonds is 5. The van der Waals surface area contributed by atoms with E-state index in [9.17, 15) is 9.59 Å². The summed E-state index contributed by atoms with van der Waals surface area (Å²) in [6.45, 7) is 2.16. The number of methoxy groups -OCH3 is 1. The quantitative estimate of drug-likeness (QED) is 0.311. The van der Waals surface area contributed by atoms with Crippen molar-refractivity contribution in [3.05, 3.63) is 83.2 Å². The molecule has 0 unspecified atom stereocenters. The van der Waals surface area contributed by atoms with Crippen LogP contribution in [-0.4, -0.2) is 40.0 Å². The number of hydrogen-bond acceptors (Lipinski definition) is 4. The maximum Gasteiger partial charge on any atom is 0.270 e. The molecular weight excluding hydrogens is 446 g/mol. The molecule has 162 valence electrons. The summed E-state index contributed by atoms with van der Waals surface area (Å²) in [4.78, 5) is 29.3. The van der Waals surface area contributed by atoms with E-state index in [4.69, 9.17) is 28.6 Å². The highest BCUT2D eigenvalue weighted by atomic mass is 35.5. The van der Waals surface area contributed by atoms with Crippen LogP contribution < -0.4 is 9.64 Å². The van der Waals surface area contributed by atoms with Crippen LogP contribution >= 0.6 is 23.8 Å². The van der Waals surface area contributed by atoms with Gasteiger partial charge >= 0.3 is 0 Å². The van der Waals surface area contributed by atoms with Gasteiger partial charge in [-0.2, -0.15) is 0 Å². The molecule has 1 saturated heterocycles. The number of anilines is 1. The number of halogens is 1. The molecule has 1 fully saturated rings. The topological polar surface area (TPSA) is 54.8 Å². The van der Waals surface area contributed by atoms with Gasteiger partial charge in [0.2, 0.25) is 0 Å². The average molecular weight is 466 g/mol. The van der Waals surface area contributed by atoms with Crippen molar-refractivity contribution < 1.29 is 14.3 Å². The number of likely N-dealkylation sites (N-methyl/N-ethyl adjacent to an activating group) is 1. The monoisotopic (exact) mass is 465 g/mol. The summed E-state index contributed by atoms with van der Waals surface area (Å²) >= 11 is 11.5. The highest BCUT2D eigenvalue weighted by Gasteiger charge is 2.39. The molecule has 0 aliphatic carbocycles. The van der Waals surface area contributed by atoms with E-state index in [1.807, 2.05) is 54.1 Å². The Bertz CT molecular complexity index is 1220. The standard InChI is InChI=1S/C24H20ClN3O3S/c1-3-26-22(29)21(23(30)28(24(26)32)18-8-6-16(25)7-9-18)15-19-5-4-14-27(19)17-10-12-20(31-2)13-11-17/h4-15H,3H2,1-2H3/b21-15+. The van der Waals surface area contributed by atoms with Crippen LogP contribution in [0.2, 0.25) is 5.02 Å². The van der Waals surface area contributed by atoms with Gasteiger partial charge < -0.3 is 9.30 Å². The van der Waals surface area contributed by atoms with Gasteiger partial charge in [-0.05, 0) is 85.9 Å². The van der Waals surface area contributed by atoms with Gasteiger partial charge in [0.1, 0.15) is 11.3 Å². The maximum atomic E-state index is 13.4. The third-order valence-corrected chi connectivity index (χ3v) is 5.81. The molecule has 1 aliphatic rings. The van der Waals surface area contributed by atoms with Crippen molar-refractivity contribution >= 4 is 52.5 Å². The number of aromatic nitrogens is 1. The van der Waals surface area contributed by atoms with Gasteiger partial charge in [0, 0.05) is 29.1 Å². The van der Waals surface area contributed by atoms with E-state index in [0.717, 1.165) is 11.4 Å². The molecular formula is C24H20ClN3O3S. The molecule has 2 heterocycles.